The maximum atomic E-state index is 11.1. The first-order valence-electron chi connectivity index (χ1n) is 6.07. The summed E-state index contributed by atoms with van der Waals surface area (Å²) in [6, 6.07) is 8.08. The van der Waals surface area contributed by atoms with Crippen molar-refractivity contribution in [3.63, 3.8) is 0 Å². The van der Waals surface area contributed by atoms with Crippen molar-refractivity contribution >= 4 is 22.8 Å². The van der Waals surface area contributed by atoms with E-state index in [0.29, 0.717) is 16.6 Å². The molecule has 2 aromatic rings. The molecule has 0 amide bonds. The second kappa shape index (κ2) is 5.66. The normalized spacial score (nSPS) is 12.2. The highest BCUT2D eigenvalue weighted by Gasteiger charge is 2.17. The molecule has 0 saturated carbocycles. The Hall–Kier alpha value is -2.47. The zero-order chi connectivity index (χ0) is 14.7. The lowest BCUT2D eigenvalue weighted by Crippen LogP contribution is -2.17. The molecule has 0 aliphatic carbocycles. The molecule has 6 heteroatoms. The van der Waals surface area contributed by atoms with Crippen LogP contribution in [0.2, 0.25) is 0 Å². The predicted molar refractivity (Wildman–Crippen MR) is 72.8 cm³/mol. The van der Waals surface area contributed by atoms with Gasteiger partial charge in [-0.2, -0.15) is 0 Å². The fourth-order valence-corrected chi connectivity index (χ4v) is 2.10. The van der Waals surface area contributed by atoms with Gasteiger partial charge in [0, 0.05) is 23.5 Å². The molecule has 1 aromatic heterocycles. The van der Waals surface area contributed by atoms with Crippen molar-refractivity contribution in [2.45, 2.75) is 12.3 Å². The summed E-state index contributed by atoms with van der Waals surface area (Å²) < 4.78 is 0. The smallest absolute Gasteiger partial charge is 0.336 e. The third-order valence-corrected chi connectivity index (χ3v) is 3.11. The van der Waals surface area contributed by atoms with E-state index in [2.05, 4.69) is 4.98 Å². The summed E-state index contributed by atoms with van der Waals surface area (Å²) in [6.07, 6.45) is -0.104. The van der Waals surface area contributed by atoms with Gasteiger partial charge in [0.2, 0.25) is 0 Å². The first kappa shape index (κ1) is 14.0. The molecular weight excluding hydrogens is 260 g/mol. The standard InChI is InChI=1S/C14H14N2O4/c15-7-8(6-13(17)18)11-5-4-9-10(14(19)20)2-1-3-12(9)16-11/h1-5,8H,6-7,15H2,(H,17,18)(H,19,20). The lowest BCUT2D eigenvalue weighted by atomic mass is 9.99. The summed E-state index contributed by atoms with van der Waals surface area (Å²) in [5, 5.41) is 18.5. The molecule has 4 N–H and O–H groups in total. The van der Waals surface area contributed by atoms with Gasteiger partial charge in [0.1, 0.15) is 0 Å². The van der Waals surface area contributed by atoms with Crippen LogP contribution in [0.1, 0.15) is 28.4 Å². The second-order valence-corrected chi connectivity index (χ2v) is 4.44. The zero-order valence-electron chi connectivity index (χ0n) is 10.6. The molecule has 0 radical (unpaired) electrons. The van der Waals surface area contributed by atoms with Crippen molar-refractivity contribution < 1.29 is 19.8 Å². The van der Waals surface area contributed by atoms with Crippen LogP contribution >= 0.6 is 0 Å². The Kier molecular flexibility index (Phi) is 3.95. The van der Waals surface area contributed by atoms with Gasteiger partial charge in [-0.1, -0.05) is 12.1 Å². The molecule has 0 bridgehead atoms. The minimum absolute atomic E-state index is 0.104. The Labute approximate surface area is 114 Å². The fourth-order valence-electron chi connectivity index (χ4n) is 2.10. The number of hydrogen-bond donors (Lipinski definition) is 3. The molecule has 104 valence electrons. The minimum Gasteiger partial charge on any atom is -0.481 e. The Balaban J connectivity index is 2.48. The summed E-state index contributed by atoms with van der Waals surface area (Å²) in [5.74, 6) is -2.35. The van der Waals surface area contributed by atoms with Gasteiger partial charge >= 0.3 is 11.9 Å². The number of nitrogens with zero attached hydrogens (tertiary/aromatic N) is 1. The number of fused-ring (bicyclic) bond motifs is 1. The summed E-state index contributed by atoms with van der Waals surface area (Å²) in [7, 11) is 0. The van der Waals surface area contributed by atoms with Gasteiger partial charge in [0.05, 0.1) is 17.5 Å². The zero-order valence-corrected chi connectivity index (χ0v) is 10.6. The van der Waals surface area contributed by atoms with Crippen LogP contribution in [0, 0.1) is 0 Å². The highest BCUT2D eigenvalue weighted by Crippen LogP contribution is 2.22. The van der Waals surface area contributed by atoms with Crippen molar-refractivity contribution in [2.24, 2.45) is 5.73 Å². The van der Waals surface area contributed by atoms with Crippen molar-refractivity contribution in [3.05, 3.63) is 41.6 Å². The van der Waals surface area contributed by atoms with Crippen LogP contribution in [0.25, 0.3) is 10.9 Å². The number of carboxylic acid groups (broad SMARTS) is 2. The maximum Gasteiger partial charge on any atom is 0.336 e. The lowest BCUT2D eigenvalue weighted by molar-refractivity contribution is -0.137. The van der Waals surface area contributed by atoms with Crippen LogP contribution in [0.4, 0.5) is 0 Å². The first-order valence-corrected chi connectivity index (χ1v) is 6.07. The molecule has 0 spiro atoms. The second-order valence-electron chi connectivity index (χ2n) is 4.44. The van der Waals surface area contributed by atoms with Crippen LogP contribution in [-0.4, -0.2) is 33.7 Å². The van der Waals surface area contributed by atoms with E-state index in [4.69, 9.17) is 15.9 Å². The molecule has 20 heavy (non-hydrogen) atoms. The van der Waals surface area contributed by atoms with Crippen molar-refractivity contribution in [1.29, 1.82) is 0 Å². The molecule has 0 fully saturated rings. The molecule has 2 rings (SSSR count). The van der Waals surface area contributed by atoms with Gasteiger partial charge in [-0.25, -0.2) is 4.79 Å². The monoisotopic (exact) mass is 274 g/mol. The predicted octanol–water partition coefficient (Wildman–Crippen LogP) is 1.45. The van der Waals surface area contributed by atoms with E-state index in [9.17, 15) is 9.59 Å². The van der Waals surface area contributed by atoms with Gasteiger partial charge in [0.25, 0.3) is 0 Å². The van der Waals surface area contributed by atoms with Gasteiger partial charge in [-0.15, -0.1) is 0 Å². The van der Waals surface area contributed by atoms with E-state index in [1.165, 1.54) is 6.07 Å². The summed E-state index contributed by atoms with van der Waals surface area (Å²) in [4.78, 5) is 26.2. The number of rotatable bonds is 5. The van der Waals surface area contributed by atoms with E-state index in [0.717, 1.165) is 0 Å². The number of aromatic carboxylic acids is 1. The molecule has 0 saturated heterocycles. The number of carboxylic acids is 2. The Morgan fingerprint density at radius 1 is 1.20 bits per heavy atom. The fraction of sp³-hybridized carbons (Fsp3) is 0.214. The van der Waals surface area contributed by atoms with E-state index in [-0.39, 0.29) is 24.4 Å². The number of aliphatic carboxylic acids is 1. The van der Waals surface area contributed by atoms with Crippen LogP contribution in [0.5, 0.6) is 0 Å². The molecule has 1 aromatic carbocycles. The molecule has 1 unspecified atom stereocenters. The topological polar surface area (TPSA) is 114 Å². The van der Waals surface area contributed by atoms with Gasteiger partial charge in [-0.3, -0.25) is 9.78 Å². The Bertz CT molecular complexity index is 669. The third-order valence-electron chi connectivity index (χ3n) is 3.11. The largest absolute Gasteiger partial charge is 0.481 e. The Morgan fingerprint density at radius 3 is 2.55 bits per heavy atom. The number of nitrogens with two attached hydrogens (primary N) is 1. The highest BCUT2D eigenvalue weighted by atomic mass is 16.4. The van der Waals surface area contributed by atoms with Crippen molar-refractivity contribution in [3.8, 4) is 0 Å². The summed E-state index contributed by atoms with van der Waals surface area (Å²) in [5.41, 5.74) is 6.83. The summed E-state index contributed by atoms with van der Waals surface area (Å²) in [6.45, 7) is 0.170. The molecule has 6 nitrogen and oxygen atoms in total. The van der Waals surface area contributed by atoms with Crippen LogP contribution in [0.15, 0.2) is 30.3 Å². The average Bonchev–Trinajstić information content (AvgIpc) is 2.43. The minimum atomic E-state index is -1.02. The first-order chi connectivity index (χ1) is 9.52. The molecular formula is C14H14N2O4. The van der Waals surface area contributed by atoms with Crippen LogP contribution < -0.4 is 5.73 Å². The maximum absolute atomic E-state index is 11.1. The van der Waals surface area contributed by atoms with Gasteiger partial charge in [0.15, 0.2) is 0 Å². The van der Waals surface area contributed by atoms with E-state index in [1.54, 1.807) is 24.3 Å². The summed E-state index contributed by atoms with van der Waals surface area (Å²) >= 11 is 0. The lowest BCUT2D eigenvalue weighted by Gasteiger charge is -2.12. The van der Waals surface area contributed by atoms with E-state index in [1.807, 2.05) is 0 Å². The molecule has 0 aliphatic heterocycles. The molecule has 0 aliphatic rings. The van der Waals surface area contributed by atoms with Crippen molar-refractivity contribution in [1.82, 2.24) is 4.98 Å². The van der Waals surface area contributed by atoms with Gasteiger partial charge < -0.3 is 15.9 Å². The number of carbonyl (C=O) groups is 2. The van der Waals surface area contributed by atoms with E-state index < -0.39 is 11.9 Å². The SMILES string of the molecule is NCC(CC(=O)O)c1ccc2c(C(=O)O)cccc2n1. The van der Waals surface area contributed by atoms with E-state index >= 15 is 0 Å². The third kappa shape index (κ3) is 2.75. The number of pyridine rings is 1. The highest BCUT2D eigenvalue weighted by molar-refractivity contribution is 6.02. The van der Waals surface area contributed by atoms with Crippen LogP contribution in [0.3, 0.4) is 0 Å². The average molecular weight is 274 g/mol. The number of aromatic nitrogens is 1. The molecule has 1 heterocycles. The quantitative estimate of drug-likeness (QED) is 0.760. The number of hydrogen-bond acceptors (Lipinski definition) is 4. The molecule has 1 atom stereocenters. The Morgan fingerprint density at radius 2 is 1.95 bits per heavy atom. The van der Waals surface area contributed by atoms with Gasteiger partial charge in [-0.05, 0) is 18.2 Å². The van der Waals surface area contributed by atoms with Crippen molar-refractivity contribution in [2.75, 3.05) is 6.54 Å². The number of benzene rings is 1. The van der Waals surface area contributed by atoms with Crippen LogP contribution in [-0.2, 0) is 4.79 Å².